The number of ether oxygens (including phenoxy) is 1. The number of aromatic hydroxyl groups is 1. The molecule has 0 heterocycles. The lowest BCUT2D eigenvalue weighted by Gasteiger charge is -2.15. The quantitative estimate of drug-likeness (QED) is 0.879. The van der Waals surface area contributed by atoms with Gasteiger partial charge in [0.25, 0.3) is 0 Å². The lowest BCUT2D eigenvalue weighted by molar-refractivity contribution is 0.369. The van der Waals surface area contributed by atoms with E-state index in [0.29, 0.717) is 12.3 Å². The molecule has 2 rings (SSSR count). The van der Waals surface area contributed by atoms with Crippen LogP contribution in [0.2, 0.25) is 0 Å². The van der Waals surface area contributed by atoms with Crippen molar-refractivity contribution in [2.24, 2.45) is 0 Å². The van der Waals surface area contributed by atoms with Gasteiger partial charge in [-0.2, -0.15) is 0 Å². The van der Waals surface area contributed by atoms with Crippen LogP contribution >= 0.6 is 0 Å². The number of phenolic OH excluding ortho intramolecular Hbond substituents is 1. The van der Waals surface area contributed by atoms with Crippen LogP contribution in [-0.2, 0) is 6.54 Å². The molecule has 3 nitrogen and oxygen atoms in total. The number of halogens is 1. The van der Waals surface area contributed by atoms with E-state index in [1.807, 2.05) is 19.1 Å². The first-order valence-electron chi connectivity index (χ1n) is 6.45. The van der Waals surface area contributed by atoms with Gasteiger partial charge in [0, 0.05) is 18.2 Å². The molecule has 0 saturated heterocycles. The number of phenols is 1. The minimum atomic E-state index is -0.244. The highest BCUT2D eigenvalue weighted by atomic mass is 19.1. The third-order valence-electron chi connectivity index (χ3n) is 3.27. The molecule has 2 N–H and O–H groups in total. The fourth-order valence-corrected chi connectivity index (χ4v) is 2.01. The number of methoxy groups -OCH3 is 1. The summed E-state index contributed by atoms with van der Waals surface area (Å²) in [6.45, 7) is 2.49. The van der Waals surface area contributed by atoms with Gasteiger partial charge in [-0.3, -0.25) is 0 Å². The fraction of sp³-hybridized carbons (Fsp3) is 0.250. The highest BCUT2D eigenvalue weighted by Gasteiger charge is 2.09. The second-order valence-corrected chi connectivity index (χ2v) is 4.62. The third-order valence-corrected chi connectivity index (χ3v) is 3.27. The molecule has 1 atom stereocenters. The van der Waals surface area contributed by atoms with Gasteiger partial charge < -0.3 is 15.2 Å². The summed E-state index contributed by atoms with van der Waals surface area (Å²) < 4.78 is 17.9. The molecule has 4 heteroatoms. The summed E-state index contributed by atoms with van der Waals surface area (Å²) in [6, 6.07) is 11.8. The number of hydrogen-bond acceptors (Lipinski definition) is 3. The molecule has 0 aliphatic rings. The summed E-state index contributed by atoms with van der Waals surface area (Å²) in [5, 5.41) is 13.3. The number of rotatable bonds is 5. The van der Waals surface area contributed by atoms with Crippen molar-refractivity contribution in [1.29, 1.82) is 0 Å². The van der Waals surface area contributed by atoms with Crippen LogP contribution in [0.15, 0.2) is 42.5 Å². The molecule has 0 bridgehead atoms. The Kier molecular flexibility index (Phi) is 4.58. The van der Waals surface area contributed by atoms with Gasteiger partial charge >= 0.3 is 0 Å². The van der Waals surface area contributed by atoms with E-state index in [1.54, 1.807) is 18.2 Å². The minimum absolute atomic E-state index is 0.0567. The van der Waals surface area contributed by atoms with Crippen molar-refractivity contribution in [1.82, 2.24) is 5.32 Å². The lowest BCUT2D eigenvalue weighted by atomic mass is 10.1. The summed E-state index contributed by atoms with van der Waals surface area (Å²) in [4.78, 5) is 0. The molecule has 0 aliphatic heterocycles. The van der Waals surface area contributed by atoms with Crippen molar-refractivity contribution in [3.05, 3.63) is 59.4 Å². The molecule has 0 radical (unpaired) electrons. The Hall–Kier alpha value is -2.07. The molecule has 0 unspecified atom stereocenters. The Labute approximate surface area is 118 Å². The second-order valence-electron chi connectivity index (χ2n) is 4.62. The van der Waals surface area contributed by atoms with Crippen LogP contribution in [0.1, 0.15) is 24.1 Å². The molecule has 20 heavy (non-hydrogen) atoms. The minimum Gasteiger partial charge on any atom is -0.504 e. The van der Waals surface area contributed by atoms with Crippen LogP contribution in [0.4, 0.5) is 4.39 Å². The van der Waals surface area contributed by atoms with Gasteiger partial charge in [0.1, 0.15) is 5.82 Å². The first-order chi connectivity index (χ1) is 9.61. The molecule has 2 aromatic rings. The van der Waals surface area contributed by atoms with Crippen LogP contribution in [0.3, 0.4) is 0 Å². The summed E-state index contributed by atoms with van der Waals surface area (Å²) in [6.07, 6.45) is 0. The van der Waals surface area contributed by atoms with Crippen molar-refractivity contribution in [2.45, 2.75) is 19.5 Å². The van der Waals surface area contributed by atoms with Gasteiger partial charge in [0.05, 0.1) is 7.11 Å². The van der Waals surface area contributed by atoms with Crippen molar-refractivity contribution in [2.75, 3.05) is 7.11 Å². The van der Waals surface area contributed by atoms with Crippen LogP contribution in [0.5, 0.6) is 11.5 Å². The summed E-state index contributed by atoms with van der Waals surface area (Å²) >= 11 is 0. The Morgan fingerprint density at radius 2 is 1.90 bits per heavy atom. The van der Waals surface area contributed by atoms with E-state index in [4.69, 9.17) is 4.74 Å². The largest absolute Gasteiger partial charge is 0.504 e. The molecule has 2 aromatic carbocycles. The maximum Gasteiger partial charge on any atom is 0.162 e. The molecule has 0 spiro atoms. The Morgan fingerprint density at radius 3 is 2.55 bits per heavy atom. The topological polar surface area (TPSA) is 41.5 Å². The van der Waals surface area contributed by atoms with Crippen LogP contribution < -0.4 is 10.1 Å². The SMILES string of the molecule is COc1cccc(CN[C@@H](C)c2ccc(F)cc2)c1O. The molecular formula is C16H18FNO2. The average molecular weight is 275 g/mol. The Bertz CT molecular complexity index is 569. The first-order valence-corrected chi connectivity index (χ1v) is 6.45. The maximum atomic E-state index is 12.9. The van der Waals surface area contributed by atoms with E-state index in [2.05, 4.69) is 5.32 Å². The number of benzene rings is 2. The van der Waals surface area contributed by atoms with Gasteiger partial charge in [-0.15, -0.1) is 0 Å². The van der Waals surface area contributed by atoms with Crippen molar-refractivity contribution >= 4 is 0 Å². The summed E-state index contributed by atoms with van der Waals surface area (Å²) in [5.74, 6) is 0.360. The predicted octanol–water partition coefficient (Wildman–Crippen LogP) is 3.39. The number of para-hydroxylation sites is 1. The monoisotopic (exact) mass is 275 g/mol. The average Bonchev–Trinajstić information content (AvgIpc) is 2.46. The standard InChI is InChI=1S/C16H18FNO2/c1-11(12-6-8-14(17)9-7-12)18-10-13-4-3-5-15(20-2)16(13)19/h3-9,11,18-19H,10H2,1-2H3/t11-/m0/s1. The summed E-state index contributed by atoms with van der Waals surface area (Å²) in [5.41, 5.74) is 1.76. The summed E-state index contributed by atoms with van der Waals surface area (Å²) in [7, 11) is 1.52. The van der Waals surface area contributed by atoms with Crippen molar-refractivity contribution < 1.29 is 14.2 Å². The zero-order valence-electron chi connectivity index (χ0n) is 11.6. The Morgan fingerprint density at radius 1 is 1.20 bits per heavy atom. The zero-order valence-corrected chi connectivity index (χ0v) is 11.6. The molecule has 0 aromatic heterocycles. The zero-order chi connectivity index (χ0) is 14.5. The molecule has 0 aliphatic carbocycles. The van der Waals surface area contributed by atoms with E-state index in [0.717, 1.165) is 11.1 Å². The van der Waals surface area contributed by atoms with E-state index >= 15 is 0 Å². The van der Waals surface area contributed by atoms with Crippen molar-refractivity contribution in [3.63, 3.8) is 0 Å². The van der Waals surface area contributed by atoms with Gasteiger partial charge in [0.2, 0.25) is 0 Å². The number of hydrogen-bond donors (Lipinski definition) is 2. The Balaban J connectivity index is 2.03. The van der Waals surface area contributed by atoms with Gasteiger partial charge in [-0.25, -0.2) is 4.39 Å². The van der Waals surface area contributed by atoms with Gasteiger partial charge in [0.15, 0.2) is 11.5 Å². The lowest BCUT2D eigenvalue weighted by Crippen LogP contribution is -2.18. The van der Waals surface area contributed by atoms with E-state index in [1.165, 1.54) is 19.2 Å². The highest BCUT2D eigenvalue weighted by molar-refractivity contribution is 5.45. The van der Waals surface area contributed by atoms with Gasteiger partial charge in [-0.05, 0) is 30.7 Å². The first kappa shape index (κ1) is 14.3. The molecule has 0 fully saturated rings. The molecule has 0 amide bonds. The number of nitrogens with one attached hydrogen (secondary N) is 1. The van der Waals surface area contributed by atoms with Gasteiger partial charge in [-0.1, -0.05) is 24.3 Å². The second kappa shape index (κ2) is 6.39. The molecule has 106 valence electrons. The van der Waals surface area contributed by atoms with E-state index < -0.39 is 0 Å². The van der Waals surface area contributed by atoms with Crippen LogP contribution in [0.25, 0.3) is 0 Å². The normalized spacial score (nSPS) is 12.2. The molecule has 0 saturated carbocycles. The predicted molar refractivity (Wildman–Crippen MR) is 76.3 cm³/mol. The van der Waals surface area contributed by atoms with Crippen LogP contribution in [-0.4, -0.2) is 12.2 Å². The van der Waals surface area contributed by atoms with Crippen molar-refractivity contribution in [3.8, 4) is 11.5 Å². The fourth-order valence-electron chi connectivity index (χ4n) is 2.01. The highest BCUT2D eigenvalue weighted by Crippen LogP contribution is 2.29. The van der Waals surface area contributed by atoms with E-state index in [9.17, 15) is 9.50 Å². The smallest absolute Gasteiger partial charge is 0.162 e. The van der Waals surface area contributed by atoms with Crippen LogP contribution in [0, 0.1) is 5.82 Å². The third kappa shape index (κ3) is 3.27. The van der Waals surface area contributed by atoms with E-state index in [-0.39, 0.29) is 17.6 Å². The maximum absolute atomic E-state index is 12.9. The molecular weight excluding hydrogens is 257 g/mol.